The molecule has 0 atom stereocenters. The van der Waals surface area contributed by atoms with Crippen molar-refractivity contribution >= 4 is 21.6 Å². The van der Waals surface area contributed by atoms with Gasteiger partial charge in [0.05, 0.1) is 5.69 Å². The summed E-state index contributed by atoms with van der Waals surface area (Å²) >= 11 is 3.39. The Balaban J connectivity index is 1.93. The largest absolute Gasteiger partial charge is 0.391 e. The van der Waals surface area contributed by atoms with Gasteiger partial charge >= 0.3 is 0 Å². The Morgan fingerprint density at radius 3 is 2.67 bits per heavy atom. The number of benzene rings is 1. The summed E-state index contributed by atoms with van der Waals surface area (Å²) in [4.78, 5) is 9.51. The molecule has 0 spiro atoms. The van der Waals surface area contributed by atoms with Gasteiger partial charge in [-0.25, -0.2) is 0 Å². The Kier molecular flexibility index (Phi) is 4.47. The number of pyridine rings is 1. The van der Waals surface area contributed by atoms with Crippen molar-refractivity contribution in [1.82, 2.24) is 4.98 Å². The van der Waals surface area contributed by atoms with E-state index in [-0.39, 0.29) is 0 Å². The molecule has 0 amide bonds. The lowest BCUT2D eigenvalue weighted by molar-refractivity contribution is 0.130. The van der Waals surface area contributed by atoms with Crippen LogP contribution >= 0.6 is 15.9 Å². The fourth-order valence-electron chi connectivity index (χ4n) is 1.41. The quantitative estimate of drug-likeness (QED) is 0.636. The van der Waals surface area contributed by atoms with Gasteiger partial charge in [0.1, 0.15) is 12.3 Å². The first-order chi connectivity index (χ1) is 8.75. The first-order valence-electron chi connectivity index (χ1n) is 5.58. The van der Waals surface area contributed by atoms with Crippen molar-refractivity contribution in [2.45, 2.75) is 13.5 Å². The summed E-state index contributed by atoms with van der Waals surface area (Å²) in [5, 5.41) is 4.05. The van der Waals surface area contributed by atoms with Gasteiger partial charge in [-0.1, -0.05) is 39.3 Å². The normalized spacial score (nSPS) is 11.3. The zero-order chi connectivity index (χ0) is 12.8. The van der Waals surface area contributed by atoms with Crippen molar-refractivity contribution in [3.8, 4) is 0 Å². The number of halogens is 1. The maximum Gasteiger partial charge on any atom is 0.142 e. The molecule has 0 aliphatic carbocycles. The Morgan fingerprint density at radius 1 is 1.22 bits per heavy atom. The van der Waals surface area contributed by atoms with E-state index in [1.807, 2.05) is 49.4 Å². The van der Waals surface area contributed by atoms with Crippen molar-refractivity contribution in [2.75, 3.05) is 0 Å². The molecule has 0 aliphatic rings. The van der Waals surface area contributed by atoms with E-state index in [1.165, 1.54) is 0 Å². The molecule has 1 aromatic heterocycles. The summed E-state index contributed by atoms with van der Waals surface area (Å²) in [6, 6.07) is 13.7. The summed E-state index contributed by atoms with van der Waals surface area (Å²) < 4.78 is 1.06. The average molecular weight is 305 g/mol. The predicted octanol–water partition coefficient (Wildman–Crippen LogP) is 3.78. The Bertz CT molecular complexity index is 523. The molecule has 0 radical (unpaired) electrons. The minimum absolute atomic E-state index is 0.456. The second-order valence-corrected chi connectivity index (χ2v) is 4.71. The van der Waals surface area contributed by atoms with Crippen LogP contribution in [0.2, 0.25) is 0 Å². The summed E-state index contributed by atoms with van der Waals surface area (Å²) in [5.74, 6) is 0. The molecule has 0 saturated carbocycles. The molecular weight excluding hydrogens is 292 g/mol. The standard InChI is InChI=1S/C14H13BrN2O/c1-11(14-4-2-3-9-16-14)17-18-10-12-5-7-13(15)8-6-12/h2-9H,10H2,1H3/b17-11+. The third-order valence-electron chi connectivity index (χ3n) is 2.38. The van der Waals surface area contributed by atoms with Gasteiger partial charge in [-0.05, 0) is 36.8 Å². The lowest BCUT2D eigenvalue weighted by atomic mass is 10.2. The Labute approximate surface area is 115 Å². The Morgan fingerprint density at radius 2 is 2.00 bits per heavy atom. The second kappa shape index (κ2) is 6.31. The van der Waals surface area contributed by atoms with Crippen LogP contribution in [0.1, 0.15) is 18.2 Å². The first-order valence-corrected chi connectivity index (χ1v) is 6.37. The molecule has 4 heteroatoms. The van der Waals surface area contributed by atoms with E-state index >= 15 is 0 Å². The molecule has 0 N–H and O–H groups in total. The zero-order valence-electron chi connectivity index (χ0n) is 10.0. The van der Waals surface area contributed by atoms with E-state index in [2.05, 4.69) is 26.1 Å². The van der Waals surface area contributed by atoms with Crippen LogP contribution in [0.5, 0.6) is 0 Å². The average Bonchev–Trinajstić information content (AvgIpc) is 2.42. The third-order valence-corrected chi connectivity index (χ3v) is 2.91. The number of aromatic nitrogens is 1. The maximum absolute atomic E-state index is 5.31. The van der Waals surface area contributed by atoms with Crippen LogP contribution in [0.25, 0.3) is 0 Å². The lowest BCUT2D eigenvalue weighted by Crippen LogP contribution is -1.99. The van der Waals surface area contributed by atoms with Crippen LogP contribution in [0.15, 0.2) is 58.3 Å². The van der Waals surface area contributed by atoms with Gasteiger partial charge in [0.2, 0.25) is 0 Å². The lowest BCUT2D eigenvalue weighted by Gasteiger charge is -2.02. The van der Waals surface area contributed by atoms with Crippen LogP contribution in [0.4, 0.5) is 0 Å². The second-order valence-electron chi connectivity index (χ2n) is 3.79. The van der Waals surface area contributed by atoms with Crippen molar-refractivity contribution in [1.29, 1.82) is 0 Å². The van der Waals surface area contributed by atoms with Gasteiger partial charge in [-0.15, -0.1) is 0 Å². The topological polar surface area (TPSA) is 34.5 Å². The van der Waals surface area contributed by atoms with Crippen LogP contribution in [-0.2, 0) is 11.4 Å². The monoisotopic (exact) mass is 304 g/mol. The van der Waals surface area contributed by atoms with Gasteiger partial charge in [0.15, 0.2) is 0 Å². The smallest absolute Gasteiger partial charge is 0.142 e. The van der Waals surface area contributed by atoms with E-state index in [0.717, 1.165) is 21.4 Å². The number of oxime groups is 1. The highest BCUT2D eigenvalue weighted by Crippen LogP contribution is 2.11. The van der Waals surface area contributed by atoms with E-state index < -0.39 is 0 Å². The van der Waals surface area contributed by atoms with Crippen LogP contribution < -0.4 is 0 Å². The fourth-order valence-corrected chi connectivity index (χ4v) is 1.67. The van der Waals surface area contributed by atoms with Crippen LogP contribution in [0, 0.1) is 0 Å². The molecule has 3 nitrogen and oxygen atoms in total. The van der Waals surface area contributed by atoms with Gasteiger partial charge in [0.25, 0.3) is 0 Å². The van der Waals surface area contributed by atoms with Crippen LogP contribution in [0.3, 0.4) is 0 Å². The van der Waals surface area contributed by atoms with Crippen molar-refractivity contribution in [3.05, 3.63) is 64.4 Å². The molecule has 2 aromatic rings. The number of nitrogens with zero attached hydrogens (tertiary/aromatic N) is 2. The zero-order valence-corrected chi connectivity index (χ0v) is 11.6. The molecule has 2 rings (SSSR count). The predicted molar refractivity (Wildman–Crippen MR) is 75.4 cm³/mol. The molecule has 92 valence electrons. The van der Waals surface area contributed by atoms with Gasteiger partial charge in [0, 0.05) is 10.7 Å². The molecule has 0 saturated heterocycles. The molecule has 0 aliphatic heterocycles. The van der Waals surface area contributed by atoms with Gasteiger partial charge in [-0.2, -0.15) is 0 Å². The van der Waals surface area contributed by atoms with Crippen molar-refractivity contribution < 1.29 is 4.84 Å². The highest BCUT2D eigenvalue weighted by molar-refractivity contribution is 9.10. The molecule has 0 fully saturated rings. The van der Waals surface area contributed by atoms with E-state index in [9.17, 15) is 0 Å². The van der Waals surface area contributed by atoms with E-state index in [0.29, 0.717) is 6.61 Å². The Hall–Kier alpha value is -1.68. The van der Waals surface area contributed by atoms with Gasteiger partial charge < -0.3 is 4.84 Å². The van der Waals surface area contributed by atoms with Gasteiger partial charge in [-0.3, -0.25) is 4.98 Å². The molecule has 0 unspecified atom stereocenters. The molecule has 1 aromatic carbocycles. The van der Waals surface area contributed by atoms with Crippen molar-refractivity contribution in [2.24, 2.45) is 5.16 Å². The number of hydrogen-bond acceptors (Lipinski definition) is 3. The first kappa shape index (κ1) is 12.8. The van der Waals surface area contributed by atoms with Crippen molar-refractivity contribution in [3.63, 3.8) is 0 Å². The minimum Gasteiger partial charge on any atom is -0.391 e. The van der Waals surface area contributed by atoms with E-state index in [1.54, 1.807) is 6.20 Å². The summed E-state index contributed by atoms with van der Waals surface area (Å²) in [7, 11) is 0. The summed E-state index contributed by atoms with van der Waals surface area (Å²) in [5.41, 5.74) is 2.68. The fraction of sp³-hybridized carbons (Fsp3) is 0.143. The summed E-state index contributed by atoms with van der Waals surface area (Å²) in [6.07, 6.45) is 1.74. The number of hydrogen-bond donors (Lipinski definition) is 0. The molecule has 1 heterocycles. The third kappa shape index (κ3) is 3.67. The van der Waals surface area contributed by atoms with E-state index in [4.69, 9.17) is 4.84 Å². The molecular formula is C14H13BrN2O. The highest BCUT2D eigenvalue weighted by Gasteiger charge is 1.98. The van der Waals surface area contributed by atoms with Crippen LogP contribution in [-0.4, -0.2) is 10.7 Å². The maximum atomic E-state index is 5.31. The number of rotatable bonds is 4. The summed E-state index contributed by atoms with van der Waals surface area (Å²) in [6.45, 7) is 2.33. The highest BCUT2D eigenvalue weighted by atomic mass is 79.9. The SMILES string of the molecule is C/C(=N\OCc1ccc(Br)cc1)c1ccccn1. The minimum atomic E-state index is 0.456. The molecule has 18 heavy (non-hydrogen) atoms. The molecule has 0 bridgehead atoms.